The van der Waals surface area contributed by atoms with Crippen molar-refractivity contribution in [3.8, 4) is 11.5 Å². The molecule has 1 aliphatic heterocycles. The van der Waals surface area contributed by atoms with E-state index >= 15 is 0 Å². The number of rotatable bonds is 7. The van der Waals surface area contributed by atoms with Crippen LogP contribution in [0, 0.1) is 5.82 Å². The number of nitrogens with one attached hydrogen (secondary N) is 3. The summed E-state index contributed by atoms with van der Waals surface area (Å²) >= 11 is 11.7. The monoisotopic (exact) mass is 535 g/mol. The van der Waals surface area contributed by atoms with Gasteiger partial charge in [-0.15, -0.1) is 0 Å². The lowest BCUT2D eigenvalue weighted by Crippen LogP contribution is -2.84. The van der Waals surface area contributed by atoms with Crippen molar-refractivity contribution in [2.75, 3.05) is 6.61 Å². The first-order valence-electron chi connectivity index (χ1n) is 11.5. The highest BCUT2D eigenvalue weighted by Gasteiger charge is 2.69. The van der Waals surface area contributed by atoms with E-state index in [1.54, 1.807) is 18.2 Å². The summed E-state index contributed by atoms with van der Waals surface area (Å²) in [5.74, 6) is -0.708. The summed E-state index contributed by atoms with van der Waals surface area (Å²) in [7, 11) is 0. The highest BCUT2D eigenvalue weighted by Crippen LogP contribution is 2.60. The van der Waals surface area contributed by atoms with E-state index in [0.717, 1.165) is 11.6 Å². The first-order valence-corrected chi connectivity index (χ1v) is 12.3. The van der Waals surface area contributed by atoms with Crippen molar-refractivity contribution < 1.29 is 28.2 Å². The van der Waals surface area contributed by atoms with Gasteiger partial charge >= 0.3 is 0 Å². The summed E-state index contributed by atoms with van der Waals surface area (Å²) in [4.78, 5) is 37.1. The Morgan fingerprint density at radius 1 is 1.08 bits per heavy atom. The van der Waals surface area contributed by atoms with Gasteiger partial charge in [-0.05, 0) is 49.6 Å². The van der Waals surface area contributed by atoms with Gasteiger partial charge in [-0.2, -0.15) is 0 Å². The molecule has 0 saturated heterocycles. The fourth-order valence-electron chi connectivity index (χ4n) is 5.43. The fraction of sp³-hybridized carbons (Fsp3) is 0.400. The minimum Gasteiger partial charge on any atom is -0.484 e. The van der Waals surface area contributed by atoms with Crippen LogP contribution in [0.4, 0.5) is 4.39 Å². The van der Waals surface area contributed by atoms with Crippen molar-refractivity contribution >= 4 is 40.9 Å². The Kier molecular flexibility index (Phi) is 6.24. The van der Waals surface area contributed by atoms with Crippen molar-refractivity contribution in [3.63, 3.8) is 0 Å². The van der Waals surface area contributed by atoms with E-state index < -0.39 is 23.5 Å². The summed E-state index contributed by atoms with van der Waals surface area (Å²) in [6, 6.07) is 8.67. The molecule has 3 N–H and O–H groups in total. The molecule has 2 aromatic rings. The molecule has 2 bridgehead atoms. The zero-order valence-electron chi connectivity index (χ0n) is 19.3. The number of benzene rings is 2. The van der Waals surface area contributed by atoms with Gasteiger partial charge in [-0.25, -0.2) is 4.39 Å². The van der Waals surface area contributed by atoms with Crippen LogP contribution in [0.1, 0.15) is 44.2 Å². The Balaban J connectivity index is 1.13. The van der Waals surface area contributed by atoms with E-state index in [9.17, 15) is 18.8 Å². The Labute approximate surface area is 216 Å². The molecule has 2 unspecified atom stereocenters. The molecule has 6 rings (SSSR count). The summed E-state index contributed by atoms with van der Waals surface area (Å²) in [5.41, 5.74) is -0.0379. The Bertz CT molecular complexity index is 1240. The highest BCUT2D eigenvalue weighted by molar-refractivity contribution is 6.31. The molecule has 190 valence electrons. The number of hydrogen-bond acceptors (Lipinski definition) is 5. The topological polar surface area (TPSA) is 106 Å². The Morgan fingerprint density at radius 3 is 2.50 bits per heavy atom. The second kappa shape index (κ2) is 9.12. The molecule has 1 heterocycles. The van der Waals surface area contributed by atoms with Gasteiger partial charge in [0.25, 0.3) is 11.8 Å². The molecule has 2 aromatic carbocycles. The maximum absolute atomic E-state index is 13.5. The number of fused-ring (bicyclic) bond motifs is 1. The largest absolute Gasteiger partial charge is 0.484 e. The van der Waals surface area contributed by atoms with Crippen LogP contribution in [0.5, 0.6) is 11.5 Å². The van der Waals surface area contributed by atoms with Gasteiger partial charge in [0, 0.05) is 41.1 Å². The fourth-order valence-corrected chi connectivity index (χ4v) is 5.72. The van der Waals surface area contributed by atoms with Crippen LogP contribution in [-0.4, -0.2) is 41.5 Å². The average Bonchev–Trinajstić information content (AvgIpc) is 2.77. The number of ether oxygens (including phenoxy) is 2. The van der Waals surface area contributed by atoms with Gasteiger partial charge in [0.2, 0.25) is 5.91 Å². The average molecular weight is 536 g/mol. The van der Waals surface area contributed by atoms with Crippen molar-refractivity contribution in [1.82, 2.24) is 16.0 Å². The Hall–Kier alpha value is -3.04. The van der Waals surface area contributed by atoms with E-state index in [1.165, 1.54) is 19.1 Å². The van der Waals surface area contributed by atoms with Crippen LogP contribution in [-0.2, 0) is 14.4 Å². The van der Waals surface area contributed by atoms with Crippen LogP contribution in [0.15, 0.2) is 36.4 Å². The van der Waals surface area contributed by atoms with E-state index in [1.807, 2.05) is 0 Å². The van der Waals surface area contributed by atoms with Crippen LogP contribution in [0.25, 0.3) is 0 Å². The third kappa shape index (κ3) is 4.82. The summed E-state index contributed by atoms with van der Waals surface area (Å²) in [5, 5.41) is 9.38. The zero-order valence-corrected chi connectivity index (χ0v) is 20.8. The molecule has 3 aliphatic carbocycles. The molecule has 3 amide bonds. The predicted octanol–water partition coefficient (Wildman–Crippen LogP) is 3.45. The smallest absolute Gasteiger partial charge is 0.261 e. The summed E-state index contributed by atoms with van der Waals surface area (Å²) < 4.78 is 24.8. The summed E-state index contributed by atoms with van der Waals surface area (Å²) in [6.07, 6.45) is 1.30. The number of carbonyl (C=O) groups is 3. The Morgan fingerprint density at radius 2 is 1.81 bits per heavy atom. The number of hydrogen-bond donors (Lipinski definition) is 3. The number of halogens is 3. The molecular formula is C25H24Cl2FN3O5. The zero-order chi connectivity index (χ0) is 25.7. The van der Waals surface area contributed by atoms with Gasteiger partial charge < -0.3 is 25.4 Å². The molecule has 8 nitrogen and oxygen atoms in total. The van der Waals surface area contributed by atoms with Crippen LogP contribution in [0.3, 0.4) is 0 Å². The van der Waals surface area contributed by atoms with Crippen molar-refractivity contribution in [2.24, 2.45) is 0 Å². The third-order valence-electron chi connectivity index (χ3n) is 6.82. The first kappa shape index (κ1) is 24.6. The lowest BCUT2D eigenvalue weighted by atomic mass is 9.44. The lowest BCUT2D eigenvalue weighted by molar-refractivity contribution is -0.154. The number of amides is 3. The normalized spacial score (nSPS) is 27.3. The lowest BCUT2D eigenvalue weighted by Gasteiger charge is -2.70. The van der Waals surface area contributed by atoms with Gasteiger partial charge in [0.1, 0.15) is 17.3 Å². The van der Waals surface area contributed by atoms with Gasteiger partial charge in [-0.1, -0.05) is 23.2 Å². The molecule has 0 aromatic heterocycles. The molecule has 0 spiro atoms. The maximum Gasteiger partial charge on any atom is 0.261 e. The minimum atomic E-state index is -0.775. The quantitative estimate of drug-likeness (QED) is 0.503. The second-order valence-corrected chi connectivity index (χ2v) is 10.6. The molecular weight excluding hydrogens is 512 g/mol. The molecule has 2 atom stereocenters. The van der Waals surface area contributed by atoms with E-state index in [2.05, 4.69) is 16.0 Å². The molecule has 3 saturated carbocycles. The molecule has 4 aliphatic rings. The second-order valence-electron chi connectivity index (χ2n) is 9.77. The molecule has 0 radical (unpaired) electrons. The van der Waals surface area contributed by atoms with E-state index in [4.69, 9.17) is 32.7 Å². The van der Waals surface area contributed by atoms with Crippen molar-refractivity contribution in [2.45, 2.75) is 55.8 Å². The SMILES string of the molecule is CC(=O)NC1CC(C(=O)NC23CC(NC(=O)COc4ccc(Cl)c(F)c4)(C2)C3)Oc2ccc(Cl)cc21. The molecule has 3 fully saturated rings. The standard InChI is InChI=1S/C25H24Cl2FN3O5/c1-13(32)29-19-8-21(36-20-5-2-14(26)6-16(19)20)23(34)31-25-10-24(11-25,12-25)30-22(33)9-35-15-3-4-17(27)18(28)7-15/h2-7,19,21H,8-12H2,1H3,(H,29,32)(H,30,33)(H,31,34). The third-order valence-corrected chi connectivity index (χ3v) is 7.36. The predicted molar refractivity (Wildman–Crippen MR) is 130 cm³/mol. The van der Waals surface area contributed by atoms with Crippen molar-refractivity contribution in [1.29, 1.82) is 0 Å². The summed E-state index contributed by atoms with van der Waals surface area (Å²) in [6.45, 7) is 1.16. The van der Waals surface area contributed by atoms with Gasteiger partial charge in [0.15, 0.2) is 12.7 Å². The first-order chi connectivity index (χ1) is 17.1. The highest BCUT2D eigenvalue weighted by atomic mass is 35.5. The van der Waals surface area contributed by atoms with Crippen LogP contribution in [0.2, 0.25) is 10.0 Å². The van der Waals surface area contributed by atoms with E-state index in [0.29, 0.717) is 30.0 Å². The van der Waals surface area contributed by atoms with Crippen LogP contribution >= 0.6 is 23.2 Å². The minimum absolute atomic E-state index is 0.0223. The van der Waals surface area contributed by atoms with Crippen molar-refractivity contribution in [3.05, 3.63) is 57.8 Å². The van der Waals surface area contributed by atoms with Crippen LogP contribution < -0.4 is 25.4 Å². The number of carbonyl (C=O) groups excluding carboxylic acids is 3. The van der Waals surface area contributed by atoms with Gasteiger partial charge in [0.05, 0.1) is 11.1 Å². The van der Waals surface area contributed by atoms with Gasteiger partial charge in [-0.3, -0.25) is 14.4 Å². The molecule has 11 heteroatoms. The molecule has 36 heavy (non-hydrogen) atoms. The van der Waals surface area contributed by atoms with E-state index in [-0.39, 0.29) is 47.1 Å². The maximum atomic E-state index is 13.5.